The minimum Gasteiger partial charge on any atom is -0.222 e. The zero-order chi connectivity index (χ0) is 7.84. The molecule has 0 atom stereocenters. The largest absolute Gasteiger partial charge is 0.351 e. The molecular weight excluding hydrogens is 140 g/mol. The summed E-state index contributed by atoms with van der Waals surface area (Å²) in [7, 11) is 0. The molecule has 1 aromatic heterocycles. The molecule has 2 rings (SSSR count). The first kappa shape index (κ1) is 6.83. The van der Waals surface area contributed by atoms with Crippen molar-refractivity contribution >= 4 is 0 Å². The lowest BCUT2D eigenvalue weighted by Crippen LogP contribution is -2.35. The maximum Gasteiger partial charge on any atom is 0.351 e. The quantitative estimate of drug-likeness (QED) is 0.601. The summed E-state index contributed by atoms with van der Waals surface area (Å²) in [5.74, 6) is 1.54. The third-order valence-corrected chi connectivity index (χ3v) is 2.03. The van der Waals surface area contributed by atoms with E-state index in [1.165, 1.54) is 12.8 Å². The van der Waals surface area contributed by atoms with Gasteiger partial charge in [0, 0.05) is 0 Å². The Morgan fingerprint density at radius 2 is 2.36 bits per heavy atom. The first-order valence-corrected chi connectivity index (χ1v) is 4.14. The van der Waals surface area contributed by atoms with Crippen LogP contribution in [0, 0.1) is 0 Å². The van der Waals surface area contributed by atoms with E-state index < -0.39 is 0 Å². The van der Waals surface area contributed by atoms with Crippen LogP contribution in [0.15, 0.2) is 10.9 Å². The Bertz CT molecular complexity index is 234. The average molecular weight is 153 g/mol. The van der Waals surface area contributed by atoms with Gasteiger partial charge >= 0.3 is 12.2 Å². The molecule has 1 aliphatic carbocycles. The molecule has 0 aromatic carbocycles. The molecule has 60 valence electrons. The summed E-state index contributed by atoms with van der Waals surface area (Å²) in [5.41, 5.74) is 0. The van der Waals surface area contributed by atoms with Gasteiger partial charge in [-0.25, -0.2) is 4.52 Å². The lowest BCUT2D eigenvalue weighted by Gasteiger charge is -1.94. The van der Waals surface area contributed by atoms with Crippen LogP contribution in [0.3, 0.4) is 0 Å². The van der Waals surface area contributed by atoms with E-state index in [2.05, 4.69) is 23.6 Å². The van der Waals surface area contributed by atoms with E-state index in [-0.39, 0.29) is 0 Å². The normalized spacial score (nSPS) is 17.7. The van der Waals surface area contributed by atoms with E-state index in [1.807, 2.05) is 0 Å². The number of hydrogen-bond acceptors (Lipinski definition) is 2. The van der Waals surface area contributed by atoms with Gasteiger partial charge in [0.2, 0.25) is 0 Å². The molecule has 3 heteroatoms. The molecule has 0 radical (unpaired) electrons. The smallest absolute Gasteiger partial charge is 0.222 e. The second-order valence-corrected chi connectivity index (χ2v) is 3.45. The number of aromatic nitrogens is 2. The third-order valence-electron chi connectivity index (χ3n) is 2.03. The van der Waals surface area contributed by atoms with Crippen LogP contribution < -0.4 is 4.57 Å². The van der Waals surface area contributed by atoms with Crippen molar-refractivity contribution in [2.24, 2.45) is 0 Å². The van der Waals surface area contributed by atoms with Crippen LogP contribution in [0.5, 0.6) is 0 Å². The molecule has 1 aliphatic rings. The number of nitrogens with zero attached hydrogens (tertiary/aromatic N) is 2. The Hall–Kier alpha value is -0.860. The van der Waals surface area contributed by atoms with Gasteiger partial charge in [-0.2, -0.15) is 4.57 Å². The predicted molar refractivity (Wildman–Crippen MR) is 39.1 cm³/mol. The fraction of sp³-hybridized carbons (Fsp3) is 0.750. The summed E-state index contributed by atoms with van der Waals surface area (Å²) >= 11 is 0. The standard InChI is InChI=1S/C8H13N2O/c1-6(2)8-9-11-5-10(8)7-3-4-7/h5-7H,3-4H2,1-2H3/q+1. The van der Waals surface area contributed by atoms with Gasteiger partial charge in [-0.15, -0.1) is 0 Å². The Balaban J connectivity index is 2.30. The van der Waals surface area contributed by atoms with Crippen molar-refractivity contribution in [1.29, 1.82) is 0 Å². The molecule has 0 aliphatic heterocycles. The van der Waals surface area contributed by atoms with Crippen molar-refractivity contribution in [2.75, 3.05) is 0 Å². The van der Waals surface area contributed by atoms with Crippen molar-refractivity contribution in [1.82, 2.24) is 5.16 Å². The maximum atomic E-state index is 4.92. The zero-order valence-electron chi connectivity index (χ0n) is 6.95. The van der Waals surface area contributed by atoms with E-state index in [1.54, 1.807) is 6.39 Å². The molecule has 0 unspecified atom stereocenters. The van der Waals surface area contributed by atoms with Gasteiger partial charge in [-0.05, 0) is 12.8 Å². The third kappa shape index (κ3) is 1.15. The highest BCUT2D eigenvalue weighted by Crippen LogP contribution is 2.30. The van der Waals surface area contributed by atoms with Gasteiger partial charge in [-0.1, -0.05) is 13.8 Å². The summed E-state index contributed by atoms with van der Waals surface area (Å²) in [5, 5.41) is 3.96. The Morgan fingerprint density at radius 3 is 2.91 bits per heavy atom. The fourth-order valence-electron chi connectivity index (χ4n) is 1.26. The topological polar surface area (TPSA) is 29.9 Å². The van der Waals surface area contributed by atoms with Crippen LogP contribution in [0.4, 0.5) is 0 Å². The molecule has 1 fully saturated rings. The minimum absolute atomic E-state index is 0.467. The predicted octanol–water partition coefficient (Wildman–Crippen LogP) is 1.42. The van der Waals surface area contributed by atoms with Crippen molar-refractivity contribution in [3.05, 3.63) is 12.2 Å². The fourth-order valence-corrected chi connectivity index (χ4v) is 1.26. The lowest BCUT2D eigenvalue weighted by molar-refractivity contribution is -0.712. The van der Waals surface area contributed by atoms with Crippen molar-refractivity contribution in [3.8, 4) is 0 Å². The first-order chi connectivity index (χ1) is 5.29. The van der Waals surface area contributed by atoms with Crippen LogP contribution in [0.1, 0.15) is 44.5 Å². The lowest BCUT2D eigenvalue weighted by atomic mass is 10.2. The van der Waals surface area contributed by atoms with E-state index >= 15 is 0 Å². The maximum absolute atomic E-state index is 4.92. The van der Waals surface area contributed by atoms with E-state index in [0.29, 0.717) is 12.0 Å². The number of rotatable bonds is 2. The summed E-state index contributed by atoms with van der Waals surface area (Å²) in [6, 6.07) is 0.679. The number of hydrogen-bond donors (Lipinski definition) is 0. The second kappa shape index (κ2) is 2.32. The highest BCUT2D eigenvalue weighted by Gasteiger charge is 2.34. The highest BCUT2D eigenvalue weighted by atomic mass is 16.5. The van der Waals surface area contributed by atoms with E-state index in [4.69, 9.17) is 4.52 Å². The van der Waals surface area contributed by atoms with Gasteiger partial charge < -0.3 is 0 Å². The highest BCUT2D eigenvalue weighted by molar-refractivity contribution is 4.80. The Labute approximate surface area is 66.0 Å². The molecule has 1 saturated carbocycles. The molecule has 1 heterocycles. The Kier molecular flexibility index (Phi) is 1.44. The van der Waals surface area contributed by atoms with Crippen molar-refractivity contribution in [2.45, 2.75) is 38.6 Å². The SMILES string of the molecule is CC(C)c1noc[n+]1C1CC1. The van der Waals surface area contributed by atoms with Gasteiger partial charge in [0.1, 0.15) is 6.04 Å². The zero-order valence-corrected chi connectivity index (χ0v) is 6.95. The van der Waals surface area contributed by atoms with Gasteiger partial charge in [0.25, 0.3) is 0 Å². The van der Waals surface area contributed by atoms with Crippen molar-refractivity contribution in [3.63, 3.8) is 0 Å². The first-order valence-electron chi connectivity index (χ1n) is 4.14. The van der Waals surface area contributed by atoms with E-state index in [9.17, 15) is 0 Å². The Morgan fingerprint density at radius 1 is 1.64 bits per heavy atom. The van der Waals surface area contributed by atoms with Gasteiger partial charge in [-0.3, -0.25) is 0 Å². The van der Waals surface area contributed by atoms with Gasteiger partial charge in [0.15, 0.2) is 5.16 Å². The minimum atomic E-state index is 0.467. The van der Waals surface area contributed by atoms with Crippen LogP contribution in [-0.4, -0.2) is 5.16 Å². The second-order valence-electron chi connectivity index (χ2n) is 3.45. The van der Waals surface area contributed by atoms with Crippen molar-refractivity contribution < 1.29 is 9.09 Å². The molecule has 0 spiro atoms. The monoisotopic (exact) mass is 153 g/mol. The summed E-state index contributed by atoms with van der Waals surface area (Å²) in [4.78, 5) is 0. The molecule has 1 aromatic rings. The molecular formula is C8H13N2O+. The molecule has 0 amide bonds. The molecule has 0 bridgehead atoms. The molecule has 3 nitrogen and oxygen atoms in total. The van der Waals surface area contributed by atoms with E-state index in [0.717, 1.165) is 5.82 Å². The van der Waals surface area contributed by atoms with Crippen LogP contribution >= 0.6 is 0 Å². The summed E-state index contributed by atoms with van der Waals surface area (Å²) in [6.07, 6.45) is 4.30. The molecule has 0 N–H and O–H groups in total. The van der Waals surface area contributed by atoms with Gasteiger partial charge in [0.05, 0.1) is 5.92 Å². The van der Waals surface area contributed by atoms with Crippen LogP contribution in [0.2, 0.25) is 0 Å². The molecule has 11 heavy (non-hydrogen) atoms. The summed E-state index contributed by atoms with van der Waals surface area (Å²) in [6.45, 7) is 4.27. The molecule has 0 saturated heterocycles. The van der Waals surface area contributed by atoms with Crippen LogP contribution in [-0.2, 0) is 0 Å². The van der Waals surface area contributed by atoms with Crippen LogP contribution in [0.25, 0.3) is 0 Å². The average Bonchev–Trinajstić information content (AvgIpc) is 2.68. The summed E-state index contributed by atoms with van der Waals surface area (Å²) < 4.78 is 7.08.